The van der Waals surface area contributed by atoms with Gasteiger partial charge in [-0.1, -0.05) is 36.4 Å². The fraction of sp³-hybridized carbons (Fsp3) is 0.450. The van der Waals surface area contributed by atoms with Crippen LogP contribution in [0.25, 0.3) is 0 Å². The maximum absolute atomic E-state index is 4.75. The number of benzene rings is 1. The first-order valence-electron chi connectivity index (χ1n) is 8.90. The standard InChI is InChI=1S/C20H25N3/c1-2-8-17(9-3-1)16-23-15-7-11-19(23)18-10-6-12-21-20(18)22-13-4-5-14-22/h1-3,6,8-10,12,19H,4-5,7,11,13-16H2/t19-/m1/s1. The number of rotatable bonds is 4. The van der Waals surface area contributed by atoms with Crippen molar-refractivity contribution in [3.05, 3.63) is 59.8 Å². The van der Waals surface area contributed by atoms with E-state index >= 15 is 0 Å². The molecule has 0 spiro atoms. The van der Waals surface area contributed by atoms with Crippen LogP contribution >= 0.6 is 0 Å². The number of pyridine rings is 1. The van der Waals surface area contributed by atoms with E-state index in [4.69, 9.17) is 4.98 Å². The van der Waals surface area contributed by atoms with Gasteiger partial charge in [0.25, 0.3) is 0 Å². The minimum atomic E-state index is 0.513. The molecular weight excluding hydrogens is 282 g/mol. The van der Waals surface area contributed by atoms with Gasteiger partial charge in [0.15, 0.2) is 0 Å². The van der Waals surface area contributed by atoms with Crippen molar-refractivity contribution >= 4 is 5.82 Å². The van der Waals surface area contributed by atoms with Gasteiger partial charge in [0, 0.05) is 37.4 Å². The summed E-state index contributed by atoms with van der Waals surface area (Å²) in [5.74, 6) is 1.23. The molecule has 0 aliphatic carbocycles. The number of anilines is 1. The molecule has 23 heavy (non-hydrogen) atoms. The molecule has 3 heteroatoms. The second kappa shape index (κ2) is 6.71. The van der Waals surface area contributed by atoms with Crippen molar-refractivity contribution in [3.63, 3.8) is 0 Å². The van der Waals surface area contributed by atoms with Crippen molar-refractivity contribution in [1.82, 2.24) is 9.88 Å². The molecule has 2 fully saturated rings. The van der Waals surface area contributed by atoms with Crippen molar-refractivity contribution in [2.24, 2.45) is 0 Å². The molecule has 0 radical (unpaired) electrons. The van der Waals surface area contributed by atoms with Crippen molar-refractivity contribution in [2.75, 3.05) is 24.5 Å². The Balaban J connectivity index is 1.59. The highest BCUT2D eigenvalue weighted by molar-refractivity contribution is 5.49. The van der Waals surface area contributed by atoms with E-state index in [0.717, 1.165) is 19.6 Å². The van der Waals surface area contributed by atoms with Crippen LogP contribution in [0.2, 0.25) is 0 Å². The maximum Gasteiger partial charge on any atom is 0.133 e. The van der Waals surface area contributed by atoms with E-state index < -0.39 is 0 Å². The van der Waals surface area contributed by atoms with Gasteiger partial charge >= 0.3 is 0 Å². The molecule has 0 saturated carbocycles. The summed E-state index contributed by atoms with van der Waals surface area (Å²) in [6, 6.07) is 15.8. The van der Waals surface area contributed by atoms with Gasteiger partial charge in [0.05, 0.1) is 0 Å². The molecule has 2 saturated heterocycles. The van der Waals surface area contributed by atoms with Crippen molar-refractivity contribution in [1.29, 1.82) is 0 Å². The average molecular weight is 307 g/mol. The Kier molecular flexibility index (Phi) is 4.29. The van der Waals surface area contributed by atoms with E-state index in [2.05, 4.69) is 52.3 Å². The zero-order valence-corrected chi connectivity index (χ0v) is 13.7. The molecular formula is C20H25N3. The molecule has 2 aromatic rings. The molecule has 120 valence electrons. The van der Waals surface area contributed by atoms with Crippen LogP contribution in [0.3, 0.4) is 0 Å². The van der Waals surface area contributed by atoms with Crippen molar-refractivity contribution in [3.8, 4) is 0 Å². The lowest BCUT2D eigenvalue weighted by Gasteiger charge is -2.29. The summed E-state index contributed by atoms with van der Waals surface area (Å²) >= 11 is 0. The summed E-state index contributed by atoms with van der Waals surface area (Å²) in [6.07, 6.45) is 7.08. The molecule has 0 N–H and O–H groups in total. The fourth-order valence-electron chi connectivity index (χ4n) is 4.05. The van der Waals surface area contributed by atoms with E-state index in [1.165, 1.54) is 49.2 Å². The van der Waals surface area contributed by atoms with Gasteiger partial charge in [-0.15, -0.1) is 0 Å². The van der Waals surface area contributed by atoms with Gasteiger partial charge in [-0.25, -0.2) is 4.98 Å². The average Bonchev–Trinajstić information content (AvgIpc) is 3.27. The minimum Gasteiger partial charge on any atom is -0.356 e. The van der Waals surface area contributed by atoms with E-state index in [9.17, 15) is 0 Å². The Morgan fingerprint density at radius 2 is 1.74 bits per heavy atom. The Hall–Kier alpha value is -1.87. The van der Waals surface area contributed by atoms with Gasteiger partial charge in [-0.05, 0) is 43.9 Å². The van der Waals surface area contributed by atoms with Crippen LogP contribution in [0, 0.1) is 0 Å². The van der Waals surface area contributed by atoms with Crippen LogP contribution < -0.4 is 4.90 Å². The lowest BCUT2D eigenvalue weighted by atomic mass is 10.0. The highest BCUT2D eigenvalue weighted by Crippen LogP contribution is 2.37. The first kappa shape index (κ1) is 14.7. The molecule has 2 aliphatic heterocycles. The molecule has 2 aliphatic rings. The van der Waals surface area contributed by atoms with Gasteiger partial charge in [0.2, 0.25) is 0 Å². The zero-order valence-electron chi connectivity index (χ0n) is 13.7. The summed E-state index contributed by atoms with van der Waals surface area (Å²) in [5, 5.41) is 0. The van der Waals surface area contributed by atoms with Gasteiger partial charge in [-0.2, -0.15) is 0 Å². The largest absolute Gasteiger partial charge is 0.356 e. The molecule has 0 unspecified atom stereocenters. The number of nitrogens with zero attached hydrogens (tertiary/aromatic N) is 3. The Morgan fingerprint density at radius 3 is 2.57 bits per heavy atom. The normalized spacial score (nSPS) is 21.9. The maximum atomic E-state index is 4.75. The van der Waals surface area contributed by atoms with Crippen LogP contribution in [0.15, 0.2) is 48.7 Å². The molecule has 1 aromatic carbocycles. The molecule has 1 atom stereocenters. The number of hydrogen-bond donors (Lipinski definition) is 0. The monoisotopic (exact) mass is 307 g/mol. The summed E-state index contributed by atoms with van der Waals surface area (Å²) < 4.78 is 0. The lowest BCUT2D eigenvalue weighted by Crippen LogP contribution is -2.26. The summed E-state index contributed by atoms with van der Waals surface area (Å²) in [7, 11) is 0. The molecule has 1 aromatic heterocycles. The van der Waals surface area contributed by atoms with Gasteiger partial charge in [-0.3, -0.25) is 4.90 Å². The summed E-state index contributed by atoms with van der Waals surface area (Å²) in [4.78, 5) is 9.86. The van der Waals surface area contributed by atoms with Crippen LogP contribution in [-0.4, -0.2) is 29.5 Å². The quantitative estimate of drug-likeness (QED) is 0.850. The van der Waals surface area contributed by atoms with Gasteiger partial charge in [0.1, 0.15) is 5.82 Å². The molecule has 0 amide bonds. The van der Waals surface area contributed by atoms with E-state index in [1.54, 1.807) is 0 Å². The smallest absolute Gasteiger partial charge is 0.133 e. The van der Waals surface area contributed by atoms with Crippen LogP contribution in [-0.2, 0) is 6.54 Å². The Labute approximate surface area is 139 Å². The molecule has 3 nitrogen and oxygen atoms in total. The first-order valence-corrected chi connectivity index (χ1v) is 8.90. The van der Waals surface area contributed by atoms with Gasteiger partial charge < -0.3 is 4.90 Å². The highest BCUT2D eigenvalue weighted by atomic mass is 15.2. The second-order valence-electron chi connectivity index (χ2n) is 6.72. The number of hydrogen-bond acceptors (Lipinski definition) is 3. The third-order valence-corrected chi connectivity index (χ3v) is 5.17. The number of aromatic nitrogens is 1. The molecule has 0 bridgehead atoms. The predicted octanol–water partition coefficient (Wildman–Crippen LogP) is 4.02. The zero-order chi connectivity index (χ0) is 15.5. The summed E-state index contributed by atoms with van der Waals surface area (Å²) in [6.45, 7) is 4.55. The highest BCUT2D eigenvalue weighted by Gasteiger charge is 2.30. The van der Waals surface area contributed by atoms with Crippen molar-refractivity contribution in [2.45, 2.75) is 38.3 Å². The Morgan fingerprint density at radius 1 is 0.913 bits per heavy atom. The van der Waals surface area contributed by atoms with Crippen LogP contribution in [0.4, 0.5) is 5.82 Å². The second-order valence-corrected chi connectivity index (χ2v) is 6.72. The van der Waals surface area contributed by atoms with Crippen LogP contribution in [0.1, 0.15) is 42.9 Å². The SMILES string of the molecule is c1ccc(CN2CCC[C@@H]2c2cccnc2N2CCCC2)cc1. The van der Waals surface area contributed by atoms with E-state index in [-0.39, 0.29) is 0 Å². The first-order chi connectivity index (χ1) is 11.4. The number of likely N-dealkylation sites (tertiary alicyclic amines) is 1. The fourth-order valence-corrected chi connectivity index (χ4v) is 4.05. The molecule has 4 rings (SSSR count). The molecule has 3 heterocycles. The minimum absolute atomic E-state index is 0.513. The summed E-state index contributed by atoms with van der Waals surface area (Å²) in [5.41, 5.74) is 2.84. The third-order valence-electron chi connectivity index (χ3n) is 5.17. The van der Waals surface area contributed by atoms with Crippen molar-refractivity contribution < 1.29 is 0 Å². The lowest BCUT2D eigenvalue weighted by molar-refractivity contribution is 0.248. The topological polar surface area (TPSA) is 19.4 Å². The van der Waals surface area contributed by atoms with E-state index in [1.807, 2.05) is 6.20 Å². The van der Waals surface area contributed by atoms with E-state index in [0.29, 0.717) is 6.04 Å². The third kappa shape index (κ3) is 3.11. The predicted molar refractivity (Wildman–Crippen MR) is 94.5 cm³/mol. The Bertz CT molecular complexity index is 634. The van der Waals surface area contributed by atoms with Crippen LogP contribution in [0.5, 0.6) is 0 Å².